The fraction of sp³-hybridized carbons (Fsp3) is 0.294. The predicted octanol–water partition coefficient (Wildman–Crippen LogP) is 5.09. The summed E-state index contributed by atoms with van der Waals surface area (Å²) >= 11 is 9.58. The zero-order valence-corrected chi connectivity index (χ0v) is 13.7. The van der Waals surface area contributed by atoms with Crippen molar-refractivity contribution in [3.8, 4) is 0 Å². The third-order valence-electron chi connectivity index (χ3n) is 4.18. The lowest BCUT2D eigenvalue weighted by Crippen LogP contribution is -2.25. The van der Waals surface area contributed by atoms with Crippen LogP contribution in [0.5, 0.6) is 0 Å². The first kappa shape index (κ1) is 14.1. The molecule has 0 radical (unpaired) electrons. The van der Waals surface area contributed by atoms with Crippen molar-refractivity contribution >= 4 is 27.5 Å². The van der Waals surface area contributed by atoms with Gasteiger partial charge in [-0.15, -0.1) is 0 Å². The van der Waals surface area contributed by atoms with Gasteiger partial charge in [0.1, 0.15) is 0 Å². The zero-order valence-electron chi connectivity index (χ0n) is 11.4. The lowest BCUT2D eigenvalue weighted by Gasteiger charge is -2.33. The predicted molar refractivity (Wildman–Crippen MR) is 88.5 cm³/mol. The van der Waals surface area contributed by atoms with Crippen molar-refractivity contribution in [2.75, 3.05) is 7.05 Å². The third-order valence-corrected chi connectivity index (χ3v) is 5.39. The lowest BCUT2D eigenvalue weighted by molar-refractivity contribution is 0.452. The van der Waals surface area contributed by atoms with Crippen LogP contribution in [0, 0.1) is 0 Å². The molecule has 2 aromatic rings. The van der Waals surface area contributed by atoms with Crippen molar-refractivity contribution in [2.45, 2.75) is 24.8 Å². The number of rotatable bonds is 4. The van der Waals surface area contributed by atoms with Crippen molar-refractivity contribution in [1.29, 1.82) is 0 Å². The highest BCUT2D eigenvalue weighted by Crippen LogP contribution is 2.41. The summed E-state index contributed by atoms with van der Waals surface area (Å²) in [6.45, 7) is 0. The second-order valence-electron chi connectivity index (χ2n) is 5.35. The van der Waals surface area contributed by atoms with Crippen LogP contribution in [0.15, 0.2) is 46.9 Å². The maximum absolute atomic E-state index is 6.07. The summed E-state index contributed by atoms with van der Waals surface area (Å²) in [7, 11) is 2.03. The molecule has 1 aliphatic carbocycles. The minimum Gasteiger partial charge on any atom is -0.313 e. The normalized spacial score (nSPS) is 18.2. The Bertz CT molecular complexity index is 626. The van der Waals surface area contributed by atoms with Crippen LogP contribution in [0.2, 0.25) is 5.02 Å². The first-order valence-electron chi connectivity index (χ1n) is 6.89. The first-order chi connectivity index (χ1) is 9.69. The van der Waals surface area contributed by atoms with E-state index in [4.69, 9.17) is 11.6 Å². The average Bonchev–Trinajstić information content (AvgIpc) is 2.44. The fourth-order valence-electron chi connectivity index (χ4n) is 3.01. The number of halogens is 2. The highest BCUT2D eigenvalue weighted by molar-refractivity contribution is 9.10. The average molecular weight is 351 g/mol. The summed E-state index contributed by atoms with van der Waals surface area (Å²) in [6, 6.07) is 15.3. The molecule has 3 rings (SSSR count). The summed E-state index contributed by atoms with van der Waals surface area (Å²) in [5, 5.41) is 4.19. The van der Waals surface area contributed by atoms with E-state index in [0.717, 1.165) is 15.9 Å². The van der Waals surface area contributed by atoms with Crippen LogP contribution in [0.4, 0.5) is 0 Å². The summed E-state index contributed by atoms with van der Waals surface area (Å²) in [5.41, 5.74) is 4.30. The molecule has 2 aromatic carbocycles. The summed E-state index contributed by atoms with van der Waals surface area (Å²) in [4.78, 5) is 0. The number of hydrogen-bond donors (Lipinski definition) is 1. The van der Waals surface area contributed by atoms with E-state index in [1.807, 2.05) is 13.1 Å². The van der Waals surface area contributed by atoms with Crippen LogP contribution in [0.3, 0.4) is 0 Å². The summed E-state index contributed by atoms with van der Waals surface area (Å²) in [5.74, 6) is 0.665. The molecule has 3 heteroatoms. The van der Waals surface area contributed by atoms with Crippen LogP contribution < -0.4 is 5.32 Å². The SMILES string of the molecule is CNC(CC1Cc2ccccc21)c1ccc(Cl)c(Br)c1. The Morgan fingerprint density at radius 1 is 1.30 bits per heavy atom. The van der Waals surface area contributed by atoms with E-state index >= 15 is 0 Å². The maximum atomic E-state index is 6.07. The molecule has 0 amide bonds. The van der Waals surface area contributed by atoms with Gasteiger partial charge in [0.15, 0.2) is 0 Å². The third kappa shape index (κ3) is 2.65. The molecular formula is C17H17BrClN. The Labute approximate surface area is 133 Å². The lowest BCUT2D eigenvalue weighted by atomic mass is 9.74. The summed E-state index contributed by atoms with van der Waals surface area (Å²) < 4.78 is 0.964. The van der Waals surface area contributed by atoms with Crippen molar-refractivity contribution < 1.29 is 0 Å². The Hall–Kier alpha value is -0.830. The second kappa shape index (κ2) is 5.88. The molecule has 1 nitrogen and oxygen atoms in total. The molecule has 2 atom stereocenters. The number of benzene rings is 2. The fourth-order valence-corrected chi connectivity index (χ4v) is 3.52. The van der Waals surface area contributed by atoms with Crippen molar-refractivity contribution in [2.24, 2.45) is 0 Å². The number of fused-ring (bicyclic) bond motifs is 1. The Morgan fingerprint density at radius 2 is 2.10 bits per heavy atom. The minimum absolute atomic E-state index is 0.363. The van der Waals surface area contributed by atoms with Gasteiger partial charge in [-0.05, 0) is 70.6 Å². The van der Waals surface area contributed by atoms with Crippen molar-refractivity contribution in [1.82, 2.24) is 5.32 Å². The topological polar surface area (TPSA) is 12.0 Å². The smallest absolute Gasteiger partial charge is 0.0548 e. The van der Waals surface area contributed by atoms with E-state index in [9.17, 15) is 0 Å². The van der Waals surface area contributed by atoms with Crippen LogP contribution in [0.1, 0.15) is 35.1 Å². The van der Waals surface area contributed by atoms with E-state index < -0.39 is 0 Å². The molecule has 0 aliphatic heterocycles. The van der Waals surface area contributed by atoms with Gasteiger partial charge in [0.2, 0.25) is 0 Å². The molecule has 1 aliphatic rings. The summed E-state index contributed by atoms with van der Waals surface area (Å²) in [6.07, 6.45) is 2.32. The molecule has 104 valence electrons. The van der Waals surface area contributed by atoms with Gasteiger partial charge in [0.25, 0.3) is 0 Å². The zero-order chi connectivity index (χ0) is 14.1. The van der Waals surface area contributed by atoms with Gasteiger partial charge in [0, 0.05) is 10.5 Å². The minimum atomic E-state index is 0.363. The standard InChI is InChI=1S/C17H17BrClN/c1-20-17(12-6-7-16(19)15(18)9-12)10-13-8-11-4-2-3-5-14(11)13/h2-7,9,13,17,20H,8,10H2,1H3. The van der Waals surface area contributed by atoms with E-state index in [1.165, 1.54) is 23.1 Å². The molecule has 0 spiro atoms. The van der Waals surface area contributed by atoms with E-state index in [0.29, 0.717) is 12.0 Å². The number of hydrogen-bond acceptors (Lipinski definition) is 1. The molecule has 0 heterocycles. The van der Waals surface area contributed by atoms with Gasteiger partial charge in [-0.2, -0.15) is 0 Å². The van der Waals surface area contributed by atoms with Gasteiger partial charge in [-0.1, -0.05) is 41.9 Å². The van der Waals surface area contributed by atoms with Crippen LogP contribution >= 0.6 is 27.5 Å². The van der Waals surface area contributed by atoms with Gasteiger partial charge < -0.3 is 5.32 Å². The molecule has 2 unspecified atom stereocenters. The van der Waals surface area contributed by atoms with Gasteiger partial charge in [-0.25, -0.2) is 0 Å². The molecule has 0 saturated heterocycles. The van der Waals surface area contributed by atoms with Crippen molar-refractivity contribution in [3.05, 3.63) is 68.7 Å². The molecule has 0 bridgehead atoms. The van der Waals surface area contributed by atoms with Gasteiger partial charge >= 0.3 is 0 Å². The second-order valence-corrected chi connectivity index (χ2v) is 6.61. The van der Waals surface area contributed by atoms with E-state index in [1.54, 1.807) is 0 Å². The quantitative estimate of drug-likeness (QED) is 0.809. The highest BCUT2D eigenvalue weighted by Gasteiger charge is 2.28. The van der Waals surface area contributed by atoms with Crippen LogP contribution in [-0.2, 0) is 6.42 Å². The van der Waals surface area contributed by atoms with Crippen LogP contribution in [0.25, 0.3) is 0 Å². The number of nitrogens with one attached hydrogen (secondary N) is 1. The molecule has 1 N–H and O–H groups in total. The molecule has 0 aromatic heterocycles. The van der Waals surface area contributed by atoms with Crippen molar-refractivity contribution in [3.63, 3.8) is 0 Å². The van der Waals surface area contributed by atoms with E-state index in [-0.39, 0.29) is 0 Å². The molecular weight excluding hydrogens is 334 g/mol. The molecule has 20 heavy (non-hydrogen) atoms. The largest absolute Gasteiger partial charge is 0.313 e. The molecule has 0 saturated carbocycles. The van der Waals surface area contributed by atoms with E-state index in [2.05, 4.69) is 57.6 Å². The Kier molecular flexibility index (Phi) is 4.16. The van der Waals surface area contributed by atoms with Gasteiger partial charge in [0.05, 0.1) is 5.02 Å². The first-order valence-corrected chi connectivity index (χ1v) is 8.06. The monoisotopic (exact) mass is 349 g/mol. The van der Waals surface area contributed by atoms with Gasteiger partial charge in [-0.3, -0.25) is 0 Å². The Morgan fingerprint density at radius 3 is 2.80 bits per heavy atom. The maximum Gasteiger partial charge on any atom is 0.0548 e. The van der Waals surface area contributed by atoms with Crippen LogP contribution in [-0.4, -0.2) is 7.05 Å². The highest BCUT2D eigenvalue weighted by atomic mass is 79.9. The Balaban J connectivity index is 1.77. The molecule has 0 fully saturated rings.